The zero-order chi connectivity index (χ0) is 15.7. The third-order valence-corrected chi connectivity index (χ3v) is 13.5. The quantitative estimate of drug-likeness (QED) is 0.803. The molecule has 0 radical (unpaired) electrons. The molecule has 3 rings (SSSR count). The highest BCUT2D eigenvalue weighted by atomic mass is 33.2. The first-order valence-corrected chi connectivity index (χ1v) is 12.9. The molecule has 3 heterocycles. The van der Waals surface area contributed by atoms with Gasteiger partial charge < -0.3 is 9.26 Å². The van der Waals surface area contributed by atoms with E-state index in [4.69, 9.17) is 21.1 Å². The molecule has 6 nitrogen and oxygen atoms in total. The van der Waals surface area contributed by atoms with Gasteiger partial charge in [-0.05, 0) is 24.1 Å². The van der Waals surface area contributed by atoms with E-state index in [9.17, 15) is 9.59 Å². The molecule has 0 unspecified atom stereocenters. The van der Waals surface area contributed by atoms with Crippen molar-refractivity contribution < 1.29 is 9.26 Å². The highest BCUT2D eigenvalue weighted by molar-refractivity contribution is 9.00. The van der Waals surface area contributed by atoms with Crippen molar-refractivity contribution in [2.24, 2.45) is 5.92 Å². The summed E-state index contributed by atoms with van der Waals surface area (Å²) in [5.41, 5.74) is -0.847. The number of rotatable bonds is 4. The summed E-state index contributed by atoms with van der Waals surface area (Å²) in [6, 6.07) is 1.33. The summed E-state index contributed by atoms with van der Waals surface area (Å²) in [6.45, 7) is 2.54. The molecule has 3 atom stereocenters. The Labute approximate surface area is 140 Å². The van der Waals surface area contributed by atoms with E-state index in [2.05, 4.69) is 11.9 Å². The summed E-state index contributed by atoms with van der Waals surface area (Å²) < 4.78 is 11.6. The number of aromatic amines is 1. The van der Waals surface area contributed by atoms with Gasteiger partial charge >= 0.3 is 5.69 Å². The molecular weight excluding hydrogens is 363 g/mol. The predicted molar refractivity (Wildman–Crippen MR) is 94.2 cm³/mol. The lowest BCUT2D eigenvalue weighted by Crippen LogP contribution is -2.31. The van der Waals surface area contributed by atoms with E-state index in [1.54, 1.807) is 22.8 Å². The van der Waals surface area contributed by atoms with Crippen molar-refractivity contribution >= 4 is 39.2 Å². The minimum Gasteiger partial charge on any atom is -0.352 e. The fourth-order valence-electron chi connectivity index (χ4n) is 2.47. The zero-order valence-corrected chi connectivity index (χ0v) is 15.3. The van der Waals surface area contributed by atoms with Gasteiger partial charge in [0.25, 0.3) is 5.56 Å². The molecular formula is C12H17N2O4PS3. The molecule has 0 spiro atoms. The van der Waals surface area contributed by atoms with E-state index in [1.165, 1.54) is 16.8 Å². The molecule has 1 N–H and O–H groups in total. The lowest BCUT2D eigenvalue weighted by Gasteiger charge is -2.20. The highest BCUT2D eigenvalue weighted by Gasteiger charge is 2.36. The summed E-state index contributed by atoms with van der Waals surface area (Å²) in [4.78, 5) is 25.2. The molecule has 2 aliphatic heterocycles. The molecule has 1 aromatic rings. The Morgan fingerprint density at radius 3 is 2.91 bits per heavy atom. The second-order valence-electron chi connectivity index (χ2n) is 5.27. The molecule has 0 aromatic carbocycles. The normalized spacial score (nSPS) is 30.7. The fourth-order valence-corrected chi connectivity index (χ4v) is 11.3. The molecule has 0 bridgehead atoms. The topological polar surface area (TPSA) is 73.3 Å². The minimum absolute atomic E-state index is 0.0783. The molecule has 2 fully saturated rings. The SMILES string of the molecule is C[C@H]1C[C@H](n2ccc(=O)[nH]c2=O)O[C@@H]1COP1(=S)SCCS1. The van der Waals surface area contributed by atoms with Crippen molar-refractivity contribution in [2.45, 2.75) is 25.7 Å². The third kappa shape index (κ3) is 3.71. The first-order chi connectivity index (χ1) is 10.5. The van der Waals surface area contributed by atoms with Crippen LogP contribution in [0.5, 0.6) is 0 Å². The number of hydrogen-bond donors (Lipinski definition) is 1. The molecule has 2 aliphatic rings. The van der Waals surface area contributed by atoms with Crippen LogP contribution >= 0.6 is 27.4 Å². The molecule has 0 aliphatic carbocycles. The van der Waals surface area contributed by atoms with E-state index < -0.39 is 15.9 Å². The third-order valence-electron chi connectivity index (χ3n) is 3.68. The highest BCUT2D eigenvalue weighted by Crippen LogP contribution is 2.74. The summed E-state index contributed by atoms with van der Waals surface area (Å²) in [6.07, 6.45) is 1.75. The van der Waals surface area contributed by atoms with Crippen LogP contribution in [-0.2, 0) is 21.1 Å². The minimum atomic E-state index is -1.79. The Bertz CT molecular complexity index is 696. The second-order valence-corrected chi connectivity index (χ2v) is 16.0. The van der Waals surface area contributed by atoms with Gasteiger partial charge in [0.05, 0.1) is 12.7 Å². The van der Waals surface area contributed by atoms with E-state index in [0.717, 1.165) is 11.5 Å². The monoisotopic (exact) mass is 380 g/mol. The van der Waals surface area contributed by atoms with Crippen LogP contribution in [-0.4, -0.2) is 33.8 Å². The Hall–Kier alpha value is -0.0500. The zero-order valence-electron chi connectivity index (χ0n) is 12.0. The Kier molecular flexibility index (Phi) is 5.21. The number of H-pyrrole nitrogens is 1. The van der Waals surface area contributed by atoms with Gasteiger partial charge in [0.2, 0.25) is 0 Å². The van der Waals surface area contributed by atoms with Gasteiger partial charge in [0.1, 0.15) is 6.23 Å². The second kappa shape index (κ2) is 6.83. The van der Waals surface area contributed by atoms with Gasteiger partial charge in [-0.2, -0.15) is 0 Å². The van der Waals surface area contributed by atoms with Crippen molar-refractivity contribution in [3.8, 4) is 0 Å². The molecule has 22 heavy (non-hydrogen) atoms. The largest absolute Gasteiger partial charge is 0.352 e. The summed E-state index contributed by atoms with van der Waals surface area (Å²) in [7, 11) is 0. The van der Waals surface area contributed by atoms with Crippen molar-refractivity contribution in [1.82, 2.24) is 9.55 Å². The average molecular weight is 380 g/mol. The van der Waals surface area contributed by atoms with E-state index in [-0.39, 0.29) is 18.2 Å². The van der Waals surface area contributed by atoms with Crippen LogP contribution in [0, 0.1) is 5.92 Å². The molecule has 0 amide bonds. The Morgan fingerprint density at radius 2 is 2.23 bits per heavy atom. The van der Waals surface area contributed by atoms with E-state index in [0.29, 0.717) is 13.0 Å². The van der Waals surface area contributed by atoms with Crippen LogP contribution < -0.4 is 11.2 Å². The van der Waals surface area contributed by atoms with Gasteiger partial charge in [-0.3, -0.25) is 14.3 Å². The lowest BCUT2D eigenvalue weighted by atomic mass is 10.0. The smallest absolute Gasteiger partial charge is 0.330 e. The number of aromatic nitrogens is 2. The van der Waals surface area contributed by atoms with Gasteiger partial charge in [-0.1, -0.05) is 29.7 Å². The number of nitrogens with zero attached hydrogens (tertiary/aromatic N) is 1. The number of ether oxygens (including phenoxy) is 1. The van der Waals surface area contributed by atoms with Crippen LogP contribution in [0.3, 0.4) is 0 Å². The van der Waals surface area contributed by atoms with Crippen LogP contribution in [0.1, 0.15) is 19.6 Å². The van der Waals surface area contributed by atoms with Crippen LogP contribution in [0.2, 0.25) is 0 Å². The van der Waals surface area contributed by atoms with Crippen LogP contribution in [0.15, 0.2) is 21.9 Å². The van der Waals surface area contributed by atoms with E-state index >= 15 is 0 Å². The first-order valence-electron chi connectivity index (χ1n) is 6.97. The summed E-state index contributed by atoms with van der Waals surface area (Å²) >= 11 is 9.06. The summed E-state index contributed by atoms with van der Waals surface area (Å²) in [5, 5.41) is 0. The Balaban J connectivity index is 1.65. The average Bonchev–Trinajstić information content (AvgIpc) is 3.04. The molecule has 10 heteroatoms. The first kappa shape index (κ1) is 16.8. The fraction of sp³-hybridized carbons (Fsp3) is 0.667. The lowest BCUT2D eigenvalue weighted by molar-refractivity contribution is -0.0240. The van der Waals surface area contributed by atoms with Gasteiger partial charge in [-0.15, -0.1) is 0 Å². The van der Waals surface area contributed by atoms with Gasteiger partial charge in [-0.25, -0.2) is 4.79 Å². The van der Waals surface area contributed by atoms with Crippen molar-refractivity contribution in [2.75, 3.05) is 18.1 Å². The number of hydrogen-bond acceptors (Lipinski definition) is 7. The maximum Gasteiger partial charge on any atom is 0.330 e. The van der Waals surface area contributed by atoms with E-state index in [1.807, 2.05) is 0 Å². The van der Waals surface area contributed by atoms with Crippen LogP contribution in [0.25, 0.3) is 0 Å². The van der Waals surface area contributed by atoms with Gasteiger partial charge in [0.15, 0.2) is 4.67 Å². The van der Waals surface area contributed by atoms with Crippen molar-refractivity contribution in [3.63, 3.8) is 0 Å². The van der Waals surface area contributed by atoms with Crippen LogP contribution in [0.4, 0.5) is 0 Å². The van der Waals surface area contributed by atoms with Crippen molar-refractivity contribution in [3.05, 3.63) is 33.1 Å². The maximum atomic E-state index is 11.8. The molecule has 2 saturated heterocycles. The molecule has 0 saturated carbocycles. The van der Waals surface area contributed by atoms with Gasteiger partial charge in [0, 0.05) is 23.8 Å². The van der Waals surface area contributed by atoms with Crippen molar-refractivity contribution in [1.29, 1.82) is 0 Å². The number of nitrogens with one attached hydrogen (secondary N) is 1. The summed E-state index contributed by atoms with van der Waals surface area (Å²) in [5.74, 6) is 2.37. The maximum absolute atomic E-state index is 11.8. The standard InChI is InChI=1S/C12H17N2O4PS3/c1-8-6-11(14-3-2-10(15)13-12(14)16)18-9(8)7-17-19(20)21-4-5-22-19/h2-3,8-9,11H,4-7H2,1H3,(H,13,15,16)/t8-,9+,11+/m0/s1. The predicted octanol–water partition coefficient (Wildman–Crippen LogP) is 2.18. The molecule has 1 aromatic heterocycles. The molecule has 122 valence electrons. The Morgan fingerprint density at radius 1 is 1.50 bits per heavy atom.